The van der Waals surface area contributed by atoms with Gasteiger partial charge in [-0.25, -0.2) is 4.98 Å². The molecule has 3 aromatic carbocycles. The highest BCUT2D eigenvalue weighted by molar-refractivity contribution is 6.43. The first-order chi connectivity index (χ1) is 14.1. The summed E-state index contributed by atoms with van der Waals surface area (Å²) in [7, 11) is 1.63. The molecule has 0 saturated heterocycles. The van der Waals surface area contributed by atoms with Gasteiger partial charge in [-0.05, 0) is 60.2 Å². The van der Waals surface area contributed by atoms with Gasteiger partial charge >= 0.3 is 0 Å². The summed E-state index contributed by atoms with van der Waals surface area (Å²) in [6.07, 6.45) is 1.64. The van der Waals surface area contributed by atoms with Crippen LogP contribution in [0.1, 0.15) is 0 Å². The summed E-state index contributed by atoms with van der Waals surface area (Å²) in [6.45, 7) is 0. The Bertz CT molecular complexity index is 1370. The van der Waals surface area contributed by atoms with Crippen LogP contribution in [0.15, 0.2) is 60.9 Å². The summed E-state index contributed by atoms with van der Waals surface area (Å²) >= 11 is 12.5. The van der Waals surface area contributed by atoms with E-state index in [-0.39, 0.29) is 5.88 Å². The molecule has 5 aromatic rings. The van der Waals surface area contributed by atoms with Gasteiger partial charge in [0, 0.05) is 10.8 Å². The Kier molecular flexibility index (Phi) is 4.15. The molecule has 0 atom stereocenters. The zero-order chi connectivity index (χ0) is 20.1. The second-order valence-corrected chi connectivity index (χ2v) is 7.47. The van der Waals surface area contributed by atoms with Crippen LogP contribution in [0, 0.1) is 0 Å². The number of fused-ring (bicyclic) bond motifs is 2. The lowest BCUT2D eigenvalue weighted by Crippen LogP contribution is -1.96. The normalized spacial score (nSPS) is 11.4. The van der Waals surface area contributed by atoms with Crippen LogP contribution in [-0.4, -0.2) is 26.8 Å². The maximum absolute atomic E-state index is 11.1. The minimum absolute atomic E-state index is 0.0863. The SMILES string of the molecule is COc1ccc(-c2c3cc(Cl)c(Cl)cc3c(O)n2-c2ccc3nc[nH]c3c2)cc1. The first-order valence-electron chi connectivity index (χ1n) is 8.87. The molecule has 0 amide bonds. The molecule has 0 aliphatic heterocycles. The van der Waals surface area contributed by atoms with Crippen LogP contribution in [0.3, 0.4) is 0 Å². The quantitative estimate of drug-likeness (QED) is 0.363. The summed E-state index contributed by atoms with van der Waals surface area (Å²) in [4.78, 5) is 7.38. The number of halogens is 2. The number of aromatic amines is 1. The molecule has 29 heavy (non-hydrogen) atoms. The smallest absolute Gasteiger partial charge is 0.204 e. The lowest BCUT2D eigenvalue weighted by Gasteiger charge is -2.12. The summed E-state index contributed by atoms with van der Waals surface area (Å²) < 4.78 is 7.07. The van der Waals surface area contributed by atoms with E-state index in [1.165, 1.54) is 0 Å². The van der Waals surface area contributed by atoms with Crippen molar-refractivity contribution < 1.29 is 9.84 Å². The van der Waals surface area contributed by atoms with Gasteiger partial charge in [0.05, 0.1) is 45.9 Å². The van der Waals surface area contributed by atoms with Crippen molar-refractivity contribution in [3.63, 3.8) is 0 Å². The van der Waals surface area contributed by atoms with E-state index in [4.69, 9.17) is 27.9 Å². The predicted molar refractivity (Wildman–Crippen MR) is 117 cm³/mol. The number of H-pyrrole nitrogens is 1. The second kappa shape index (κ2) is 6.72. The molecule has 0 spiro atoms. The number of methoxy groups -OCH3 is 1. The number of nitrogens with zero attached hydrogens (tertiary/aromatic N) is 2. The van der Waals surface area contributed by atoms with Crippen molar-refractivity contribution >= 4 is 45.0 Å². The third-order valence-corrected chi connectivity index (χ3v) is 5.74. The highest BCUT2D eigenvalue weighted by Crippen LogP contribution is 2.43. The fraction of sp³-hybridized carbons (Fsp3) is 0.0455. The molecule has 144 valence electrons. The van der Waals surface area contributed by atoms with Crippen molar-refractivity contribution in [2.75, 3.05) is 7.11 Å². The summed E-state index contributed by atoms with van der Waals surface area (Å²) in [5.74, 6) is 0.837. The maximum atomic E-state index is 11.1. The van der Waals surface area contributed by atoms with Crippen molar-refractivity contribution in [2.24, 2.45) is 0 Å². The van der Waals surface area contributed by atoms with Gasteiger partial charge in [0.15, 0.2) is 0 Å². The Morgan fingerprint density at radius 3 is 2.41 bits per heavy atom. The van der Waals surface area contributed by atoms with Crippen LogP contribution in [0.5, 0.6) is 11.6 Å². The molecule has 5 rings (SSSR count). The number of aromatic hydroxyl groups is 1. The van der Waals surface area contributed by atoms with Crippen molar-refractivity contribution in [1.29, 1.82) is 0 Å². The van der Waals surface area contributed by atoms with Gasteiger partial charge in [0.2, 0.25) is 5.88 Å². The third-order valence-electron chi connectivity index (χ3n) is 5.02. The first kappa shape index (κ1) is 17.9. The fourth-order valence-corrected chi connectivity index (χ4v) is 3.95. The van der Waals surface area contributed by atoms with Crippen LogP contribution in [0.2, 0.25) is 10.0 Å². The monoisotopic (exact) mass is 423 g/mol. The van der Waals surface area contributed by atoms with E-state index >= 15 is 0 Å². The fourth-order valence-electron chi connectivity index (χ4n) is 3.62. The van der Waals surface area contributed by atoms with E-state index in [1.807, 2.05) is 42.5 Å². The van der Waals surface area contributed by atoms with E-state index in [0.717, 1.165) is 39.1 Å². The molecule has 7 heteroatoms. The number of benzene rings is 3. The van der Waals surface area contributed by atoms with Gasteiger partial charge in [-0.15, -0.1) is 0 Å². The van der Waals surface area contributed by atoms with Gasteiger partial charge < -0.3 is 14.8 Å². The molecule has 5 nitrogen and oxygen atoms in total. The molecule has 0 bridgehead atoms. The van der Waals surface area contributed by atoms with Crippen molar-refractivity contribution in [1.82, 2.24) is 14.5 Å². The van der Waals surface area contributed by atoms with Crippen LogP contribution < -0.4 is 4.74 Å². The number of nitrogens with one attached hydrogen (secondary N) is 1. The molecule has 0 unspecified atom stereocenters. The first-order valence-corrected chi connectivity index (χ1v) is 9.63. The van der Waals surface area contributed by atoms with E-state index in [9.17, 15) is 5.11 Å². The Morgan fingerprint density at radius 1 is 0.966 bits per heavy atom. The van der Waals surface area contributed by atoms with Crippen LogP contribution in [-0.2, 0) is 0 Å². The minimum Gasteiger partial charge on any atom is -0.497 e. The standard InChI is InChI=1S/C22H15Cl2N3O2/c1-29-14-5-2-12(3-6-14)21-15-9-17(23)18(24)10-16(15)22(28)27(21)13-4-7-19-20(8-13)26-11-25-19/h2-11,28H,1H3,(H,25,26). The molecular weight excluding hydrogens is 409 g/mol. The molecule has 0 radical (unpaired) electrons. The minimum atomic E-state index is 0.0863. The Morgan fingerprint density at radius 2 is 1.69 bits per heavy atom. The predicted octanol–water partition coefficient (Wildman–Crippen LogP) is 6.19. The molecule has 2 heterocycles. The van der Waals surface area contributed by atoms with Gasteiger partial charge in [-0.2, -0.15) is 0 Å². The molecule has 0 saturated carbocycles. The number of hydrogen-bond acceptors (Lipinski definition) is 3. The third kappa shape index (κ3) is 2.82. The number of rotatable bonds is 3. The zero-order valence-corrected chi connectivity index (χ0v) is 16.8. The molecule has 2 aromatic heterocycles. The van der Waals surface area contributed by atoms with Gasteiger partial charge in [-0.3, -0.25) is 4.57 Å². The Balaban J connectivity index is 1.86. The van der Waals surface area contributed by atoms with Gasteiger partial charge in [0.1, 0.15) is 5.75 Å². The molecule has 0 aliphatic rings. The average molecular weight is 424 g/mol. The topological polar surface area (TPSA) is 63.1 Å². The van der Waals surface area contributed by atoms with Crippen LogP contribution in [0.4, 0.5) is 0 Å². The maximum Gasteiger partial charge on any atom is 0.204 e. The second-order valence-electron chi connectivity index (χ2n) is 6.65. The van der Waals surface area contributed by atoms with Crippen molar-refractivity contribution in [3.05, 3.63) is 71.0 Å². The van der Waals surface area contributed by atoms with Gasteiger partial charge in [-0.1, -0.05) is 23.2 Å². The summed E-state index contributed by atoms with van der Waals surface area (Å²) in [5, 5.41) is 13.4. The molecule has 0 fully saturated rings. The zero-order valence-electron chi connectivity index (χ0n) is 15.3. The lowest BCUT2D eigenvalue weighted by atomic mass is 10.1. The van der Waals surface area contributed by atoms with E-state index in [0.29, 0.717) is 15.4 Å². The number of imidazole rings is 1. The summed E-state index contributed by atoms with van der Waals surface area (Å²) in [5.41, 5.74) is 4.21. The van der Waals surface area contributed by atoms with Crippen molar-refractivity contribution in [2.45, 2.75) is 0 Å². The molecule has 0 aliphatic carbocycles. The van der Waals surface area contributed by atoms with E-state index in [1.54, 1.807) is 30.1 Å². The highest BCUT2D eigenvalue weighted by atomic mass is 35.5. The molecule has 2 N–H and O–H groups in total. The Labute approximate surface area is 176 Å². The van der Waals surface area contributed by atoms with E-state index in [2.05, 4.69) is 9.97 Å². The largest absolute Gasteiger partial charge is 0.497 e. The summed E-state index contributed by atoms with van der Waals surface area (Å²) in [6, 6.07) is 16.9. The Hall–Kier alpha value is -3.15. The van der Waals surface area contributed by atoms with E-state index < -0.39 is 0 Å². The number of hydrogen-bond donors (Lipinski definition) is 2. The number of ether oxygens (including phenoxy) is 1. The average Bonchev–Trinajstić information content (AvgIpc) is 3.31. The highest BCUT2D eigenvalue weighted by Gasteiger charge is 2.21. The van der Waals surface area contributed by atoms with Crippen LogP contribution >= 0.6 is 23.2 Å². The molecular formula is C22H15Cl2N3O2. The van der Waals surface area contributed by atoms with Gasteiger partial charge in [0.25, 0.3) is 0 Å². The lowest BCUT2D eigenvalue weighted by molar-refractivity contribution is 0.415. The van der Waals surface area contributed by atoms with Crippen LogP contribution in [0.25, 0.3) is 38.8 Å². The van der Waals surface area contributed by atoms with Crippen molar-refractivity contribution in [3.8, 4) is 28.6 Å². The number of aromatic nitrogens is 3.